The summed E-state index contributed by atoms with van der Waals surface area (Å²) < 4.78 is 5.39. The molecule has 1 heterocycles. The highest BCUT2D eigenvalue weighted by atomic mass is 16.5. The molecule has 0 radical (unpaired) electrons. The molecule has 2 N–H and O–H groups in total. The average Bonchev–Trinajstić information content (AvgIpc) is 2.16. The molecular formula is C13H19NO. The number of rotatable bonds is 3. The van der Waals surface area contributed by atoms with E-state index in [1.54, 1.807) is 0 Å². The molecule has 15 heavy (non-hydrogen) atoms. The van der Waals surface area contributed by atoms with Gasteiger partial charge in [-0.25, -0.2) is 0 Å². The van der Waals surface area contributed by atoms with Gasteiger partial charge in [-0.2, -0.15) is 0 Å². The lowest BCUT2D eigenvalue weighted by Gasteiger charge is -2.45. The maximum Gasteiger partial charge on any atom is 0.0588 e. The number of hydrogen-bond donors (Lipinski definition) is 1. The lowest BCUT2D eigenvalue weighted by molar-refractivity contribution is -0.0836. The predicted octanol–water partition coefficient (Wildman–Crippen LogP) is 2.07. The van der Waals surface area contributed by atoms with Gasteiger partial charge >= 0.3 is 0 Å². The van der Waals surface area contributed by atoms with Crippen molar-refractivity contribution < 1.29 is 4.74 Å². The average molecular weight is 205 g/mol. The van der Waals surface area contributed by atoms with Crippen LogP contribution in [0.25, 0.3) is 0 Å². The fourth-order valence-electron chi connectivity index (χ4n) is 2.13. The second-order valence-electron chi connectivity index (χ2n) is 4.70. The first-order valence-corrected chi connectivity index (χ1v) is 5.56. The summed E-state index contributed by atoms with van der Waals surface area (Å²) in [4.78, 5) is 0. The summed E-state index contributed by atoms with van der Waals surface area (Å²) in [6.07, 6.45) is 0. The van der Waals surface area contributed by atoms with Crippen LogP contribution in [0.5, 0.6) is 0 Å². The highest BCUT2D eigenvalue weighted by Gasteiger charge is 2.42. The van der Waals surface area contributed by atoms with Crippen LogP contribution >= 0.6 is 0 Å². The second kappa shape index (κ2) is 3.95. The van der Waals surface area contributed by atoms with Crippen molar-refractivity contribution in [2.24, 2.45) is 11.7 Å². The standard InChI is InChI=1S/C13H19NO/c1-10(2)13(8-15-9-13)12-5-3-11(7-14)4-6-12/h3-6,10H,7-9,14H2,1-2H3. The van der Waals surface area contributed by atoms with E-state index in [-0.39, 0.29) is 5.41 Å². The number of nitrogens with two attached hydrogens (primary N) is 1. The lowest BCUT2D eigenvalue weighted by atomic mass is 9.70. The van der Waals surface area contributed by atoms with Crippen LogP contribution in [0.4, 0.5) is 0 Å². The van der Waals surface area contributed by atoms with Gasteiger partial charge in [-0.05, 0) is 17.0 Å². The van der Waals surface area contributed by atoms with Crippen LogP contribution in [0.15, 0.2) is 24.3 Å². The Balaban J connectivity index is 2.27. The minimum absolute atomic E-state index is 0.243. The van der Waals surface area contributed by atoms with Gasteiger partial charge in [0.2, 0.25) is 0 Å². The summed E-state index contributed by atoms with van der Waals surface area (Å²) in [7, 11) is 0. The molecule has 0 unspecified atom stereocenters. The molecule has 1 aliphatic heterocycles. The van der Waals surface area contributed by atoms with Gasteiger partial charge in [-0.3, -0.25) is 0 Å². The Morgan fingerprint density at radius 3 is 2.20 bits per heavy atom. The fourth-order valence-corrected chi connectivity index (χ4v) is 2.13. The fraction of sp³-hybridized carbons (Fsp3) is 0.538. The van der Waals surface area contributed by atoms with Gasteiger partial charge in [0, 0.05) is 12.0 Å². The monoisotopic (exact) mass is 205 g/mol. The Hall–Kier alpha value is -0.860. The maximum absolute atomic E-state index is 5.59. The Morgan fingerprint density at radius 2 is 1.87 bits per heavy atom. The van der Waals surface area contributed by atoms with Crippen molar-refractivity contribution in [2.45, 2.75) is 25.8 Å². The van der Waals surface area contributed by atoms with Gasteiger partial charge < -0.3 is 10.5 Å². The molecule has 0 bridgehead atoms. The van der Waals surface area contributed by atoms with Crippen molar-refractivity contribution in [1.82, 2.24) is 0 Å². The van der Waals surface area contributed by atoms with E-state index in [0.29, 0.717) is 12.5 Å². The predicted molar refractivity (Wildman–Crippen MR) is 61.7 cm³/mol. The van der Waals surface area contributed by atoms with Crippen LogP contribution in [0, 0.1) is 5.92 Å². The van der Waals surface area contributed by atoms with Gasteiger partial charge in [0.15, 0.2) is 0 Å². The molecule has 2 rings (SSSR count). The maximum atomic E-state index is 5.59. The van der Waals surface area contributed by atoms with Crippen molar-refractivity contribution >= 4 is 0 Å². The van der Waals surface area contributed by atoms with E-state index in [2.05, 4.69) is 38.1 Å². The molecule has 1 aromatic rings. The molecule has 1 aromatic carbocycles. The molecule has 1 saturated heterocycles. The molecule has 0 amide bonds. The molecule has 82 valence electrons. The van der Waals surface area contributed by atoms with Crippen molar-refractivity contribution in [2.75, 3.05) is 13.2 Å². The smallest absolute Gasteiger partial charge is 0.0588 e. The minimum atomic E-state index is 0.243. The Kier molecular flexibility index (Phi) is 2.81. The Labute approximate surface area is 91.4 Å². The Morgan fingerprint density at radius 1 is 1.27 bits per heavy atom. The second-order valence-corrected chi connectivity index (χ2v) is 4.70. The van der Waals surface area contributed by atoms with Crippen molar-refractivity contribution in [3.05, 3.63) is 35.4 Å². The topological polar surface area (TPSA) is 35.2 Å². The van der Waals surface area contributed by atoms with E-state index >= 15 is 0 Å². The summed E-state index contributed by atoms with van der Waals surface area (Å²) in [6.45, 7) is 6.85. The van der Waals surface area contributed by atoms with Crippen molar-refractivity contribution in [3.63, 3.8) is 0 Å². The first kappa shape index (κ1) is 10.7. The van der Waals surface area contributed by atoms with E-state index in [9.17, 15) is 0 Å². The largest absolute Gasteiger partial charge is 0.379 e. The zero-order chi connectivity index (χ0) is 10.9. The summed E-state index contributed by atoms with van der Waals surface area (Å²) in [5.74, 6) is 0.620. The van der Waals surface area contributed by atoms with Gasteiger partial charge in [0.25, 0.3) is 0 Å². The van der Waals surface area contributed by atoms with Crippen molar-refractivity contribution in [1.29, 1.82) is 0 Å². The third-order valence-corrected chi connectivity index (χ3v) is 3.59. The van der Waals surface area contributed by atoms with E-state index in [0.717, 1.165) is 13.2 Å². The van der Waals surface area contributed by atoms with Gasteiger partial charge in [0.05, 0.1) is 13.2 Å². The highest BCUT2D eigenvalue weighted by Crippen LogP contribution is 2.39. The molecule has 2 heteroatoms. The SMILES string of the molecule is CC(C)C1(c2ccc(CN)cc2)COC1. The van der Waals surface area contributed by atoms with Crippen LogP contribution in [-0.4, -0.2) is 13.2 Å². The van der Waals surface area contributed by atoms with Crippen LogP contribution in [0.2, 0.25) is 0 Å². The summed E-state index contributed by atoms with van der Waals surface area (Å²) in [6, 6.07) is 8.64. The van der Waals surface area contributed by atoms with E-state index in [1.165, 1.54) is 11.1 Å². The number of ether oxygens (including phenoxy) is 1. The molecule has 0 aromatic heterocycles. The minimum Gasteiger partial charge on any atom is -0.379 e. The van der Waals surface area contributed by atoms with Crippen LogP contribution < -0.4 is 5.73 Å². The molecule has 0 aliphatic carbocycles. The lowest BCUT2D eigenvalue weighted by Crippen LogP contribution is -2.50. The van der Waals surface area contributed by atoms with Crippen LogP contribution in [0.3, 0.4) is 0 Å². The third kappa shape index (κ3) is 1.68. The van der Waals surface area contributed by atoms with Crippen LogP contribution in [0.1, 0.15) is 25.0 Å². The summed E-state index contributed by atoms with van der Waals surface area (Å²) >= 11 is 0. The van der Waals surface area contributed by atoms with E-state index < -0.39 is 0 Å². The van der Waals surface area contributed by atoms with Crippen molar-refractivity contribution in [3.8, 4) is 0 Å². The van der Waals surface area contributed by atoms with Gasteiger partial charge in [-0.15, -0.1) is 0 Å². The molecule has 2 nitrogen and oxygen atoms in total. The molecule has 0 saturated carbocycles. The zero-order valence-corrected chi connectivity index (χ0v) is 9.49. The van der Waals surface area contributed by atoms with Gasteiger partial charge in [-0.1, -0.05) is 38.1 Å². The number of benzene rings is 1. The van der Waals surface area contributed by atoms with Crippen LogP contribution in [-0.2, 0) is 16.7 Å². The molecule has 1 aliphatic rings. The molecule has 0 atom stereocenters. The highest BCUT2D eigenvalue weighted by molar-refractivity contribution is 5.31. The Bertz CT molecular complexity index is 325. The molecular weight excluding hydrogens is 186 g/mol. The third-order valence-electron chi connectivity index (χ3n) is 3.59. The summed E-state index contributed by atoms with van der Waals surface area (Å²) in [5.41, 5.74) is 8.42. The molecule has 0 spiro atoms. The first-order valence-electron chi connectivity index (χ1n) is 5.56. The van der Waals surface area contributed by atoms with Gasteiger partial charge in [0.1, 0.15) is 0 Å². The number of hydrogen-bond acceptors (Lipinski definition) is 2. The molecule has 1 fully saturated rings. The van der Waals surface area contributed by atoms with E-state index in [1.807, 2.05) is 0 Å². The normalized spacial score (nSPS) is 18.9. The quantitative estimate of drug-likeness (QED) is 0.820. The zero-order valence-electron chi connectivity index (χ0n) is 9.49. The first-order chi connectivity index (χ1) is 7.19. The van der Waals surface area contributed by atoms with E-state index in [4.69, 9.17) is 10.5 Å². The summed E-state index contributed by atoms with van der Waals surface area (Å²) in [5, 5.41) is 0.